The molecule has 0 spiro atoms. The predicted molar refractivity (Wildman–Crippen MR) is 69.4 cm³/mol. The molecule has 0 saturated carbocycles. The van der Waals surface area contributed by atoms with Crippen molar-refractivity contribution in [2.24, 2.45) is 0 Å². The topological polar surface area (TPSA) is 20.3 Å². The molecule has 2 nitrogen and oxygen atoms in total. The van der Waals surface area contributed by atoms with Crippen molar-refractivity contribution in [2.75, 3.05) is 18.9 Å². The van der Waals surface area contributed by atoms with E-state index in [9.17, 15) is 4.79 Å². The number of unbranched alkanes of at least 4 members (excludes halogenated alkanes) is 5. The van der Waals surface area contributed by atoms with Gasteiger partial charge in [0.2, 0.25) is 5.91 Å². The highest BCUT2D eigenvalue weighted by Gasteiger charge is 2.06. The number of amides is 1. The van der Waals surface area contributed by atoms with E-state index < -0.39 is 0 Å². The second-order valence-electron chi connectivity index (χ2n) is 4.02. The number of alkyl halides is 1. The van der Waals surface area contributed by atoms with Gasteiger partial charge < -0.3 is 4.90 Å². The lowest BCUT2D eigenvalue weighted by atomic mass is 10.1. The van der Waals surface area contributed by atoms with E-state index >= 15 is 0 Å². The molecule has 0 bridgehead atoms. The van der Waals surface area contributed by atoms with Gasteiger partial charge in [0.15, 0.2) is 0 Å². The van der Waals surface area contributed by atoms with Crippen LogP contribution in [0.1, 0.15) is 51.9 Å². The number of halogens is 1. The second kappa shape index (κ2) is 10.5. The summed E-state index contributed by atoms with van der Waals surface area (Å²) in [4.78, 5) is 13.3. The number of nitrogens with zero attached hydrogens (tertiary/aromatic N) is 1. The molecule has 0 atom stereocenters. The summed E-state index contributed by atoms with van der Waals surface area (Å²) < 4.78 is 0. The van der Waals surface area contributed by atoms with E-state index in [1.165, 1.54) is 32.1 Å². The van der Waals surface area contributed by atoms with Gasteiger partial charge in [-0.15, -0.1) is 0 Å². The first-order valence-electron chi connectivity index (χ1n) is 6.02. The van der Waals surface area contributed by atoms with Crippen LogP contribution in [0.3, 0.4) is 0 Å². The summed E-state index contributed by atoms with van der Waals surface area (Å²) >= 11 is 3.33. The zero-order valence-electron chi connectivity index (χ0n) is 10.1. The molecule has 0 N–H and O–H groups in total. The average molecular weight is 278 g/mol. The number of carbonyl (C=O) groups excluding carboxylic acids is 1. The van der Waals surface area contributed by atoms with Crippen LogP contribution in [-0.2, 0) is 4.79 Å². The largest absolute Gasteiger partial charge is 0.345 e. The smallest absolute Gasteiger partial charge is 0.222 e. The van der Waals surface area contributed by atoms with Crippen molar-refractivity contribution in [2.45, 2.75) is 51.9 Å². The lowest BCUT2D eigenvalue weighted by Crippen LogP contribution is -2.28. The molecule has 0 aromatic carbocycles. The van der Waals surface area contributed by atoms with Crippen molar-refractivity contribution in [3.05, 3.63) is 0 Å². The second-order valence-corrected chi connectivity index (χ2v) is 4.82. The van der Waals surface area contributed by atoms with E-state index in [1.54, 1.807) is 4.90 Å². The number of carbonyl (C=O) groups is 1. The highest BCUT2D eigenvalue weighted by Crippen LogP contribution is 2.07. The minimum absolute atomic E-state index is 0.282. The highest BCUT2D eigenvalue weighted by molar-refractivity contribution is 9.09. The van der Waals surface area contributed by atoms with Gasteiger partial charge in [0.25, 0.3) is 0 Å². The summed E-state index contributed by atoms with van der Waals surface area (Å²) in [5, 5.41) is 0.867. The monoisotopic (exact) mass is 277 g/mol. The molecule has 0 aromatic heterocycles. The standard InChI is InChI=1S/C12H24BrNO/c1-3-4-5-6-7-8-9-12(15)14(2)11-10-13/h3-11H2,1-2H3. The van der Waals surface area contributed by atoms with Gasteiger partial charge in [-0.05, 0) is 6.42 Å². The van der Waals surface area contributed by atoms with Crippen LogP contribution in [0.15, 0.2) is 0 Å². The fourth-order valence-electron chi connectivity index (χ4n) is 1.50. The molecule has 0 fully saturated rings. The van der Waals surface area contributed by atoms with E-state index in [1.807, 2.05) is 7.05 Å². The van der Waals surface area contributed by atoms with Crippen LogP contribution in [0, 0.1) is 0 Å². The summed E-state index contributed by atoms with van der Waals surface area (Å²) in [5.74, 6) is 0.282. The van der Waals surface area contributed by atoms with Crippen molar-refractivity contribution in [3.63, 3.8) is 0 Å². The van der Waals surface area contributed by atoms with Gasteiger partial charge in [0.1, 0.15) is 0 Å². The third kappa shape index (κ3) is 8.91. The van der Waals surface area contributed by atoms with E-state index in [-0.39, 0.29) is 5.91 Å². The SMILES string of the molecule is CCCCCCCCC(=O)N(C)CCBr. The zero-order valence-corrected chi connectivity index (χ0v) is 11.7. The Morgan fingerprint density at radius 2 is 1.73 bits per heavy atom. The molecule has 0 unspecified atom stereocenters. The molecular formula is C12H24BrNO. The van der Waals surface area contributed by atoms with Gasteiger partial charge in [-0.3, -0.25) is 4.79 Å². The van der Waals surface area contributed by atoms with Crippen LogP contribution < -0.4 is 0 Å². The fourth-order valence-corrected chi connectivity index (χ4v) is 2.03. The third-order valence-electron chi connectivity index (χ3n) is 2.59. The maximum atomic E-state index is 11.5. The van der Waals surface area contributed by atoms with Crippen LogP contribution in [0.4, 0.5) is 0 Å². The molecule has 0 aromatic rings. The van der Waals surface area contributed by atoms with Gasteiger partial charge in [-0.1, -0.05) is 55.0 Å². The molecule has 90 valence electrons. The third-order valence-corrected chi connectivity index (χ3v) is 2.94. The average Bonchev–Trinajstić information content (AvgIpc) is 2.23. The molecule has 0 aliphatic carbocycles. The van der Waals surface area contributed by atoms with Crippen molar-refractivity contribution in [1.29, 1.82) is 0 Å². The Kier molecular flexibility index (Phi) is 10.4. The van der Waals surface area contributed by atoms with Crippen molar-refractivity contribution >= 4 is 21.8 Å². The number of hydrogen-bond acceptors (Lipinski definition) is 1. The van der Waals surface area contributed by atoms with E-state index in [0.717, 1.165) is 24.7 Å². The van der Waals surface area contributed by atoms with Crippen LogP contribution >= 0.6 is 15.9 Å². The first-order chi connectivity index (χ1) is 7.22. The molecular weight excluding hydrogens is 254 g/mol. The summed E-state index contributed by atoms with van der Waals surface area (Å²) in [5.41, 5.74) is 0. The van der Waals surface area contributed by atoms with E-state index in [0.29, 0.717) is 0 Å². The summed E-state index contributed by atoms with van der Waals surface area (Å²) in [7, 11) is 1.88. The van der Waals surface area contributed by atoms with Crippen LogP contribution in [0.2, 0.25) is 0 Å². The Balaban J connectivity index is 3.30. The molecule has 0 saturated heterocycles. The van der Waals surface area contributed by atoms with Crippen molar-refractivity contribution < 1.29 is 4.79 Å². The zero-order chi connectivity index (χ0) is 11.5. The van der Waals surface area contributed by atoms with E-state index in [4.69, 9.17) is 0 Å². The van der Waals surface area contributed by atoms with Crippen LogP contribution in [-0.4, -0.2) is 29.7 Å². The molecule has 0 aliphatic heterocycles. The summed E-state index contributed by atoms with van der Waals surface area (Å²) in [6.45, 7) is 3.04. The van der Waals surface area contributed by atoms with Gasteiger partial charge in [-0.25, -0.2) is 0 Å². The lowest BCUT2D eigenvalue weighted by molar-refractivity contribution is -0.129. The lowest BCUT2D eigenvalue weighted by Gasteiger charge is -2.15. The Hall–Kier alpha value is -0.0500. The molecule has 3 heteroatoms. The van der Waals surface area contributed by atoms with E-state index in [2.05, 4.69) is 22.9 Å². The predicted octanol–water partition coefficient (Wildman–Crippen LogP) is 3.59. The van der Waals surface area contributed by atoms with Gasteiger partial charge >= 0.3 is 0 Å². The Morgan fingerprint density at radius 3 is 2.33 bits per heavy atom. The number of hydrogen-bond donors (Lipinski definition) is 0. The fraction of sp³-hybridized carbons (Fsp3) is 0.917. The maximum Gasteiger partial charge on any atom is 0.222 e. The summed E-state index contributed by atoms with van der Waals surface area (Å²) in [6, 6.07) is 0. The molecule has 0 heterocycles. The quantitative estimate of drug-likeness (QED) is 0.466. The van der Waals surface area contributed by atoms with Crippen LogP contribution in [0.25, 0.3) is 0 Å². The molecule has 0 rings (SSSR count). The maximum absolute atomic E-state index is 11.5. The minimum Gasteiger partial charge on any atom is -0.345 e. The normalized spacial score (nSPS) is 10.3. The molecule has 0 radical (unpaired) electrons. The van der Waals surface area contributed by atoms with Crippen molar-refractivity contribution in [3.8, 4) is 0 Å². The Bertz CT molecular complexity index is 162. The van der Waals surface area contributed by atoms with Gasteiger partial charge in [-0.2, -0.15) is 0 Å². The van der Waals surface area contributed by atoms with Gasteiger partial charge in [0, 0.05) is 25.3 Å². The minimum atomic E-state index is 0.282. The first kappa shape index (κ1) is 14.9. The van der Waals surface area contributed by atoms with Gasteiger partial charge in [0.05, 0.1) is 0 Å². The van der Waals surface area contributed by atoms with Crippen molar-refractivity contribution in [1.82, 2.24) is 4.90 Å². The molecule has 15 heavy (non-hydrogen) atoms. The Labute approximate surface area is 103 Å². The Morgan fingerprint density at radius 1 is 1.13 bits per heavy atom. The molecule has 1 amide bonds. The highest BCUT2D eigenvalue weighted by atomic mass is 79.9. The summed E-state index contributed by atoms with van der Waals surface area (Å²) in [6.07, 6.45) is 8.19. The molecule has 0 aliphatic rings. The van der Waals surface area contributed by atoms with Crippen LogP contribution in [0.5, 0.6) is 0 Å². The first-order valence-corrected chi connectivity index (χ1v) is 7.14. The number of rotatable bonds is 9.